The maximum absolute atomic E-state index is 12.1. The van der Waals surface area contributed by atoms with Gasteiger partial charge in [0, 0.05) is 0 Å². The molecule has 0 spiro atoms. The van der Waals surface area contributed by atoms with E-state index in [9.17, 15) is 8.78 Å². The molecule has 1 aliphatic heterocycles. The van der Waals surface area contributed by atoms with Crippen molar-refractivity contribution in [3.8, 4) is 0 Å². The standard InChI is InChI=1S/C7H12F2O2/c1-7(2)10-5(3-8)6(4-9)11-7/h5-6H,3-4H2,1-2H3. The normalized spacial score (nSPS) is 36.0. The molecule has 4 heteroatoms. The maximum Gasteiger partial charge on any atom is 0.164 e. The molecule has 1 rings (SSSR count). The lowest BCUT2D eigenvalue weighted by molar-refractivity contribution is -0.148. The minimum atomic E-state index is -0.840. The Kier molecular flexibility index (Phi) is 2.44. The molecule has 0 amide bonds. The average molecular weight is 166 g/mol. The summed E-state index contributed by atoms with van der Waals surface area (Å²) in [5.41, 5.74) is 0. The van der Waals surface area contributed by atoms with Crippen LogP contribution in [0.5, 0.6) is 0 Å². The molecule has 0 aromatic heterocycles. The van der Waals surface area contributed by atoms with Crippen LogP contribution >= 0.6 is 0 Å². The second-order valence-electron chi connectivity index (χ2n) is 3.02. The summed E-state index contributed by atoms with van der Waals surface area (Å²) in [6.45, 7) is 1.90. The monoisotopic (exact) mass is 166 g/mol. The van der Waals surface area contributed by atoms with Gasteiger partial charge in [-0.15, -0.1) is 0 Å². The van der Waals surface area contributed by atoms with Crippen LogP contribution in [0, 0.1) is 0 Å². The van der Waals surface area contributed by atoms with Crippen molar-refractivity contribution in [3.05, 3.63) is 0 Å². The highest BCUT2D eigenvalue weighted by Crippen LogP contribution is 2.28. The van der Waals surface area contributed by atoms with Crippen LogP contribution < -0.4 is 0 Å². The molecule has 1 heterocycles. The molecule has 66 valence electrons. The Labute approximate surface area is 64.5 Å². The molecule has 1 saturated heterocycles. The zero-order chi connectivity index (χ0) is 8.48. The van der Waals surface area contributed by atoms with Crippen molar-refractivity contribution in [2.24, 2.45) is 0 Å². The van der Waals surface area contributed by atoms with Gasteiger partial charge in [0.1, 0.15) is 25.6 Å². The molecular weight excluding hydrogens is 154 g/mol. The van der Waals surface area contributed by atoms with E-state index in [1.165, 1.54) is 0 Å². The first kappa shape index (κ1) is 8.87. The predicted molar refractivity (Wildman–Crippen MR) is 35.8 cm³/mol. The van der Waals surface area contributed by atoms with E-state index in [1.807, 2.05) is 0 Å². The van der Waals surface area contributed by atoms with Crippen LogP contribution in [0.15, 0.2) is 0 Å². The van der Waals surface area contributed by atoms with Gasteiger partial charge in [-0.2, -0.15) is 0 Å². The Hall–Kier alpha value is -0.220. The lowest BCUT2D eigenvalue weighted by Gasteiger charge is -2.15. The number of hydrogen-bond donors (Lipinski definition) is 0. The van der Waals surface area contributed by atoms with Crippen LogP contribution in [0.4, 0.5) is 8.78 Å². The number of hydrogen-bond acceptors (Lipinski definition) is 2. The molecule has 0 aromatic rings. The first-order valence-corrected chi connectivity index (χ1v) is 3.56. The van der Waals surface area contributed by atoms with Crippen LogP contribution in [0.3, 0.4) is 0 Å². The number of ether oxygens (including phenoxy) is 2. The highest BCUT2D eigenvalue weighted by atomic mass is 19.1. The summed E-state index contributed by atoms with van der Waals surface area (Å²) in [4.78, 5) is 0. The SMILES string of the molecule is CC1(C)OC(CF)C(CF)O1. The maximum atomic E-state index is 12.1. The van der Waals surface area contributed by atoms with Gasteiger partial charge < -0.3 is 9.47 Å². The summed E-state index contributed by atoms with van der Waals surface area (Å²) in [6.07, 6.45) is -1.48. The highest BCUT2D eigenvalue weighted by Gasteiger charge is 2.41. The van der Waals surface area contributed by atoms with Gasteiger partial charge in [-0.25, -0.2) is 8.78 Å². The fourth-order valence-electron chi connectivity index (χ4n) is 1.17. The van der Waals surface area contributed by atoms with E-state index in [2.05, 4.69) is 0 Å². The van der Waals surface area contributed by atoms with E-state index >= 15 is 0 Å². The predicted octanol–water partition coefficient (Wildman–Crippen LogP) is 1.45. The second-order valence-corrected chi connectivity index (χ2v) is 3.02. The van der Waals surface area contributed by atoms with Crippen molar-refractivity contribution < 1.29 is 18.3 Å². The summed E-state index contributed by atoms with van der Waals surface area (Å²) in [6, 6.07) is 0. The van der Waals surface area contributed by atoms with E-state index in [-0.39, 0.29) is 0 Å². The number of rotatable bonds is 2. The molecule has 1 aliphatic rings. The smallest absolute Gasteiger partial charge is 0.164 e. The van der Waals surface area contributed by atoms with Crippen molar-refractivity contribution in [1.29, 1.82) is 0 Å². The van der Waals surface area contributed by atoms with Crippen molar-refractivity contribution >= 4 is 0 Å². The molecular formula is C7H12F2O2. The zero-order valence-corrected chi connectivity index (χ0v) is 6.64. The van der Waals surface area contributed by atoms with Crippen LogP contribution in [-0.4, -0.2) is 31.3 Å². The van der Waals surface area contributed by atoms with Crippen molar-refractivity contribution in [2.45, 2.75) is 31.8 Å². The molecule has 11 heavy (non-hydrogen) atoms. The lowest BCUT2D eigenvalue weighted by Crippen LogP contribution is -2.26. The Balaban J connectivity index is 2.55. The Morgan fingerprint density at radius 2 is 1.45 bits per heavy atom. The Morgan fingerprint density at radius 1 is 1.09 bits per heavy atom. The molecule has 0 bridgehead atoms. The average Bonchev–Trinajstić information content (AvgIpc) is 2.25. The third kappa shape index (κ3) is 1.87. The topological polar surface area (TPSA) is 18.5 Å². The van der Waals surface area contributed by atoms with E-state index in [1.54, 1.807) is 13.8 Å². The summed E-state index contributed by atoms with van der Waals surface area (Å²) >= 11 is 0. The van der Waals surface area contributed by atoms with Crippen molar-refractivity contribution in [2.75, 3.05) is 13.3 Å². The molecule has 2 atom stereocenters. The number of halogens is 2. The summed E-state index contributed by atoms with van der Waals surface area (Å²) in [7, 11) is 0. The third-order valence-electron chi connectivity index (χ3n) is 1.59. The van der Waals surface area contributed by atoms with Gasteiger partial charge in [-0.1, -0.05) is 0 Å². The molecule has 0 aliphatic carbocycles. The van der Waals surface area contributed by atoms with Gasteiger partial charge in [-0.05, 0) is 13.8 Å². The van der Waals surface area contributed by atoms with Crippen molar-refractivity contribution in [1.82, 2.24) is 0 Å². The fraction of sp³-hybridized carbons (Fsp3) is 1.00. The van der Waals surface area contributed by atoms with E-state index in [4.69, 9.17) is 9.47 Å². The van der Waals surface area contributed by atoms with Gasteiger partial charge in [0.15, 0.2) is 5.79 Å². The van der Waals surface area contributed by atoms with E-state index in [0.717, 1.165) is 0 Å². The zero-order valence-electron chi connectivity index (χ0n) is 6.64. The minimum Gasteiger partial charge on any atom is -0.342 e. The van der Waals surface area contributed by atoms with Crippen molar-refractivity contribution in [3.63, 3.8) is 0 Å². The lowest BCUT2D eigenvalue weighted by atomic mass is 10.2. The molecule has 0 aromatic carbocycles. The summed E-state index contributed by atoms with van der Waals surface area (Å²) in [5.74, 6) is -0.840. The molecule has 0 radical (unpaired) electrons. The van der Waals surface area contributed by atoms with Gasteiger partial charge in [0.05, 0.1) is 0 Å². The first-order valence-electron chi connectivity index (χ1n) is 3.56. The van der Waals surface area contributed by atoms with Gasteiger partial charge in [-0.3, -0.25) is 0 Å². The number of alkyl halides is 2. The van der Waals surface area contributed by atoms with Crippen LogP contribution in [0.25, 0.3) is 0 Å². The minimum absolute atomic E-state index is 0.696. The second kappa shape index (κ2) is 3.03. The van der Waals surface area contributed by atoms with Crippen LogP contribution in [-0.2, 0) is 9.47 Å². The quantitative estimate of drug-likeness (QED) is 0.618. The van der Waals surface area contributed by atoms with Gasteiger partial charge in [0.2, 0.25) is 0 Å². The molecule has 0 N–H and O–H groups in total. The third-order valence-corrected chi connectivity index (χ3v) is 1.59. The van der Waals surface area contributed by atoms with E-state index in [0.29, 0.717) is 0 Å². The van der Waals surface area contributed by atoms with Gasteiger partial charge in [0.25, 0.3) is 0 Å². The largest absolute Gasteiger partial charge is 0.342 e. The highest BCUT2D eigenvalue weighted by molar-refractivity contribution is 4.80. The van der Waals surface area contributed by atoms with Crippen LogP contribution in [0.2, 0.25) is 0 Å². The molecule has 1 fully saturated rings. The molecule has 2 unspecified atom stereocenters. The Morgan fingerprint density at radius 3 is 1.73 bits per heavy atom. The first-order chi connectivity index (χ1) is 5.09. The summed E-state index contributed by atoms with van der Waals surface area (Å²) in [5, 5.41) is 0. The fourth-order valence-corrected chi connectivity index (χ4v) is 1.17. The van der Waals surface area contributed by atoms with E-state index < -0.39 is 31.3 Å². The van der Waals surface area contributed by atoms with Crippen LogP contribution in [0.1, 0.15) is 13.8 Å². The molecule has 0 saturated carbocycles. The van der Waals surface area contributed by atoms with Gasteiger partial charge >= 0.3 is 0 Å². The Bertz CT molecular complexity index is 124. The summed E-state index contributed by atoms with van der Waals surface area (Å²) < 4.78 is 34.3. The molecule has 2 nitrogen and oxygen atoms in total.